The molecule has 0 bridgehead atoms. The van der Waals surface area contributed by atoms with Gasteiger partial charge in [0.2, 0.25) is 11.8 Å². The summed E-state index contributed by atoms with van der Waals surface area (Å²) in [5.41, 5.74) is 11.7. The Bertz CT molecular complexity index is 715. The third-order valence-corrected chi connectivity index (χ3v) is 11.1. The van der Waals surface area contributed by atoms with Gasteiger partial charge in [-0.25, -0.2) is 0 Å². The highest BCUT2D eigenvalue weighted by molar-refractivity contribution is 5.87. The van der Waals surface area contributed by atoms with Crippen LogP contribution in [0.3, 0.4) is 0 Å². The molecule has 7 nitrogen and oxygen atoms in total. The molecule has 1 unspecified atom stereocenters. The maximum absolute atomic E-state index is 13.3. The van der Waals surface area contributed by atoms with Crippen LogP contribution in [-0.4, -0.2) is 62.0 Å². The molecule has 7 heteroatoms. The van der Waals surface area contributed by atoms with Crippen LogP contribution in [0, 0.1) is 0 Å². The fourth-order valence-corrected chi connectivity index (χ4v) is 7.40. The van der Waals surface area contributed by atoms with E-state index in [-0.39, 0.29) is 18.4 Å². The molecule has 0 fully saturated rings. The molecular weight excluding hydrogens is 655 g/mol. The predicted octanol–water partition coefficient (Wildman–Crippen LogP) is 11.5. The van der Waals surface area contributed by atoms with Gasteiger partial charge in [-0.15, -0.1) is 0 Å². The van der Waals surface area contributed by atoms with Crippen molar-refractivity contribution in [1.82, 2.24) is 15.5 Å². The van der Waals surface area contributed by atoms with Crippen molar-refractivity contribution in [2.45, 2.75) is 245 Å². The van der Waals surface area contributed by atoms with E-state index in [0.717, 1.165) is 51.9 Å². The Hall–Kier alpha value is -1.18. The number of nitrogens with one attached hydrogen (secondary N) is 2. The number of amides is 2. The first-order valence-electron chi connectivity index (χ1n) is 23.8. The number of hydrogen-bond acceptors (Lipinski definition) is 5. The zero-order valence-corrected chi connectivity index (χ0v) is 36.0. The zero-order chi connectivity index (χ0) is 38.7. The molecule has 316 valence electrons. The highest BCUT2D eigenvalue weighted by atomic mass is 16.2. The summed E-state index contributed by atoms with van der Waals surface area (Å²) in [5.74, 6) is -0.180. The van der Waals surface area contributed by atoms with Gasteiger partial charge in [-0.1, -0.05) is 206 Å². The van der Waals surface area contributed by atoms with Crippen LogP contribution in [0.2, 0.25) is 0 Å². The van der Waals surface area contributed by atoms with Gasteiger partial charge in [0.1, 0.15) is 0 Å². The number of nitrogens with zero attached hydrogens (tertiary/aromatic N) is 1. The smallest absolute Gasteiger partial charge is 0.241 e. The number of hydrogen-bond donors (Lipinski definition) is 4. The minimum atomic E-state index is -0.576. The third-order valence-electron chi connectivity index (χ3n) is 11.1. The average molecular weight is 750 g/mol. The first-order chi connectivity index (χ1) is 26.1. The topological polar surface area (TPSA) is 113 Å². The minimum absolute atomic E-state index is 0.0379. The Kier molecular flexibility index (Phi) is 42.6. The van der Waals surface area contributed by atoms with Gasteiger partial charge in [0.05, 0.1) is 12.6 Å². The summed E-state index contributed by atoms with van der Waals surface area (Å²) in [6.45, 7) is 8.62. The van der Waals surface area contributed by atoms with Crippen molar-refractivity contribution < 1.29 is 9.59 Å². The van der Waals surface area contributed by atoms with Crippen LogP contribution in [0.1, 0.15) is 239 Å². The summed E-state index contributed by atoms with van der Waals surface area (Å²) in [6, 6.07) is -0.576. The molecule has 2 amide bonds. The number of unbranched alkanes of at least 4 members (excludes halogenated alkanes) is 30. The molecule has 0 aliphatic heterocycles. The van der Waals surface area contributed by atoms with Crippen molar-refractivity contribution >= 4 is 11.8 Å². The maximum atomic E-state index is 13.3. The van der Waals surface area contributed by atoms with E-state index < -0.39 is 6.04 Å². The first-order valence-corrected chi connectivity index (χ1v) is 23.8. The number of carbonyl (C=O) groups is 2. The molecule has 0 aromatic carbocycles. The van der Waals surface area contributed by atoms with E-state index in [2.05, 4.69) is 24.5 Å². The highest BCUT2D eigenvalue weighted by Gasteiger charge is 2.17. The van der Waals surface area contributed by atoms with Gasteiger partial charge in [0.15, 0.2) is 0 Å². The Morgan fingerprint density at radius 2 is 0.792 bits per heavy atom. The van der Waals surface area contributed by atoms with Gasteiger partial charge in [-0.05, 0) is 51.7 Å². The molecule has 53 heavy (non-hydrogen) atoms. The first kappa shape index (κ1) is 51.8. The van der Waals surface area contributed by atoms with Gasteiger partial charge in [0, 0.05) is 13.1 Å². The zero-order valence-electron chi connectivity index (χ0n) is 36.0. The van der Waals surface area contributed by atoms with Crippen molar-refractivity contribution in [1.29, 1.82) is 0 Å². The molecule has 0 aliphatic carbocycles. The van der Waals surface area contributed by atoms with Crippen LogP contribution in [0.15, 0.2) is 0 Å². The Balaban J connectivity index is 4.24. The quantitative estimate of drug-likeness (QED) is 0.0463. The number of carbonyl (C=O) groups excluding carboxylic acids is 2. The fraction of sp³-hybridized carbons (Fsp3) is 0.957. The molecule has 0 aliphatic rings. The second-order valence-electron chi connectivity index (χ2n) is 16.3. The van der Waals surface area contributed by atoms with Crippen LogP contribution in [0.25, 0.3) is 0 Å². The molecule has 0 radical (unpaired) electrons. The second-order valence-corrected chi connectivity index (χ2v) is 16.3. The molecule has 6 N–H and O–H groups in total. The van der Waals surface area contributed by atoms with Crippen LogP contribution >= 0.6 is 0 Å². The van der Waals surface area contributed by atoms with E-state index in [4.69, 9.17) is 11.5 Å². The fourth-order valence-electron chi connectivity index (χ4n) is 7.40. The molecular formula is C46H95N5O2. The van der Waals surface area contributed by atoms with Crippen molar-refractivity contribution in [3.8, 4) is 0 Å². The molecule has 0 heterocycles. The molecule has 0 saturated carbocycles. The maximum Gasteiger partial charge on any atom is 0.241 e. The molecule has 0 saturated heterocycles. The summed E-state index contributed by atoms with van der Waals surface area (Å²) >= 11 is 0. The average Bonchev–Trinajstić information content (AvgIpc) is 3.16. The normalized spacial score (nSPS) is 12.0. The minimum Gasteiger partial charge on any atom is -0.346 e. The van der Waals surface area contributed by atoms with Crippen molar-refractivity contribution in [2.24, 2.45) is 11.5 Å². The lowest BCUT2D eigenvalue weighted by atomic mass is 10.0. The van der Waals surface area contributed by atoms with Crippen molar-refractivity contribution in [2.75, 3.05) is 39.3 Å². The van der Waals surface area contributed by atoms with Gasteiger partial charge in [-0.2, -0.15) is 0 Å². The van der Waals surface area contributed by atoms with Crippen LogP contribution in [0.5, 0.6) is 0 Å². The Morgan fingerprint density at radius 3 is 1.13 bits per heavy atom. The summed E-state index contributed by atoms with van der Waals surface area (Å²) < 4.78 is 0. The van der Waals surface area contributed by atoms with Gasteiger partial charge in [0.25, 0.3) is 0 Å². The standard InChI is InChI=1S/C46H95N5O2/c1-3-5-7-9-11-13-15-17-19-21-23-25-27-29-31-33-41-51(45(52)43-50-46(53)44(48)37-35-39-49-40-36-38-47)42-34-32-30-28-26-24-22-20-18-16-14-12-10-8-6-4-2/h44,49H,3-43,47-48H2,1-2H3,(H,50,53). The predicted molar refractivity (Wildman–Crippen MR) is 232 cm³/mol. The van der Waals surface area contributed by atoms with Gasteiger partial charge in [-0.3, -0.25) is 9.59 Å². The summed E-state index contributed by atoms with van der Waals surface area (Å²) in [7, 11) is 0. The van der Waals surface area contributed by atoms with E-state index in [0.29, 0.717) is 13.0 Å². The largest absolute Gasteiger partial charge is 0.346 e. The number of nitrogens with two attached hydrogens (primary N) is 2. The monoisotopic (exact) mass is 750 g/mol. The summed E-state index contributed by atoms with van der Waals surface area (Å²) in [6.07, 6.45) is 45.5. The van der Waals surface area contributed by atoms with Crippen LogP contribution in [0.4, 0.5) is 0 Å². The summed E-state index contributed by atoms with van der Waals surface area (Å²) in [4.78, 5) is 27.9. The molecule has 0 rings (SSSR count). The van der Waals surface area contributed by atoms with E-state index in [9.17, 15) is 9.59 Å². The lowest BCUT2D eigenvalue weighted by molar-refractivity contribution is -0.133. The lowest BCUT2D eigenvalue weighted by Crippen LogP contribution is -2.46. The highest BCUT2D eigenvalue weighted by Crippen LogP contribution is 2.16. The molecule has 0 spiro atoms. The van der Waals surface area contributed by atoms with E-state index in [1.54, 1.807) is 0 Å². The van der Waals surface area contributed by atoms with Gasteiger partial charge < -0.3 is 27.0 Å². The molecule has 0 aromatic heterocycles. The van der Waals surface area contributed by atoms with Crippen molar-refractivity contribution in [3.63, 3.8) is 0 Å². The Labute approximate surface area is 331 Å². The lowest BCUT2D eigenvalue weighted by Gasteiger charge is -2.23. The van der Waals surface area contributed by atoms with E-state index >= 15 is 0 Å². The SMILES string of the molecule is CCCCCCCCCCCCCCCCCCN(CCCCCCCCCCCCCCCCCC)C(=O)CNC(=O)C(N)CCCNCCCN. The Morgan fingerprint density at radius 1 is 0.472 bits per heavy atom. The van der Waals surface area contributed by atoms with Crippen molar-refractivity contribution in [3.05, 3.63) is 0 Å². The van der Waals surface area contributed by atoms with E-state index in [1.165, 1.54) is 193 Å². The van der Waals surface area contributed by atoms with Gasteiger partial charge >= 0.3 is 0 Å². The second kappa shape index (κ2) is 43.5. The van der Waals surface area contributed by atoms with Crippen LogP contribution < -0.4 is 22.1 Å². The number of rotatable bonds is 44. The summed E-state index contributed by atoms with van der Waals surface area (Å²) in [5, 5.41) is 6.17. The molecule has 0 aromatic rings. The molecule has 1 atom stereocenters. The van der Waals surface area contributed by atoms with E-state index in [1.807, 2.05) is 4.90 Å². The third kappa shape index (κ3) is 38.9. The van der Waals surface area contributed by atoms with Crippen LogP contribution in [-0.2, 0) is 9.59 Å².